The van der Waals surface area contributed by atoms with E-state index in [1.807, 2.05) is 30.3 Å². The zero-order valence-corrected chi connectivity index (χ0v) is 13.7. The van der Waals surface area contributed by atoms with E-state index < -0.39 is 23.6 Å². The van der Waals surface area contributed by atoms with E-state index in [0.29, 0.717) is 17.6 Å². The second kappa shape index (κ2) is 7.73. The molecule has 26 heavy (non-hydrogen) atoms. The summed E-state index contributed by atoms with van der Waals surface area (Å²) in [6.07, 6.45) is 1.38. The summed E-state index contributed by atoms with van der Waals surface area (Å²) < 4.78 is 28.1. The minimum Gasteiger partial charge on any atom is -0.334 e. The van der Waals surface area contributed by atoms with Gasteiger partial charge in [0.2, 0.25) is 5.91 Å². The molecule has 134 valence electrons. The normalized spacial score (nSPS) is 10.7. The van der Waals surface area contributed by atoms with Gasteiger partial charge >= 0.3 is 6.03 Å². The molecule has 2 N–H and O–H groups in total. The molecule has 0 spiro atoms. The maximum atomic E-state index is 13.4. The number of aromatic nitrogens is 2. The third kappa shape index (κ3) is 4.21. The zero-order chi connectivity index (χ0) is 18.5. The summed E-state index contributed by atoms with van der Waals surface area (Å²) in [5.41, 5.74) is 1.59. The van der Waals surface area contributed by atoms with Crippen molar-refractivity contribution in [1.82, 2.24) is 20.2 Å². The summed E-state index contributed by atoms with van der Waals surface area (Å²) in [5.74, 6) is -2.44. The number of nitrogens with one attached hydrogen (secondary N) is 2. The van der Waals surface area contributed by atoms with E-state index in [2.05, 4.69) is 15.6 Å². The van der Waals surface area contributed by atoms with Gasteiger partial charge in [0.05, 0.1) is 17.4 Å². The number of hydrogen-bond donors (Lipinski definition) is 2. The lowest BCUT2D eigenvalue weighted by molar-refractivity contribution is -0.120. The van der Waals surface area contributed by atoms with Crippen LogP contribution in [0.25, 0.3) is 11.0 Å². The molecule has 0 fully saturated rings. The molecule has 1 aromatic heterocycles. The number of nitrogens with zero attached hydrogens (tertiary/aromatic N) is 2. The molecular formula is C18H16F2N4O2. The Kier molecular flexibility index (Phi) is 5.21. The average Bonchev–Trinajstić information content (AvgIpc) is 3.01. The number of imide groups is 1. The minimum atomic E-state index is -0.982. The molecular weight excluding hydrogens is 342 g/mol. The molecule has 0 aliphatic carbocycles. The number of halogens is 2. The van der Waals surface area contributed by atoms with Crippen LogP contribution in [0.15, 0.2) is 48.8 Å². The highest BCUT2D eigenvalue weighted by atomic mass is 19.2. The first-order chi connectivity index (χ1) is 12.5. The van der Waals surface area contributed by atoms with E-state index in [1.54, 1.807) is 0 Å². The highest BCUT2D eigenvalue weighted by molar-refractivity contribution is 5.94. The van der Waals surface area contributed by atoms with Gasteiger partial charge in [-0.15, -0.1) is 0 Å². The Labute approximate surface area is 147 Å². The molecule has 3 rings (SSSR count). The van der Waals surface area contributed by atoms with E-state index in [9.17, 15) is 18.4 Å². The van der Waals surface area contributed by atoms with Gasteiger partial charge in [0.1, 0.15) is 0 Å². The van der Waals surface area contributed by atoms with Crippen LogP contribution >= 0.6 is 0 Å². The van der Waals surface area contributed by atoms with Crippen LogP contribution in [0, 0.1) is 11.6 Å². The summed E-state index contributed by atoms with van der Waals surface area (Å²) >= 11 is 0. The van der Waals surface area contributed by atoms with E-state index in [1.165, 1.54) is 10.9 Å². The Morgan fingerprint density at radius 1 is 1.08 bits per heavy atom. The van der Waals surface area contributed by atoms with Crippen molar-refractivity contribution in [2.45, 2.75) is 19.5 Å². The summed E-state index contributed by atoms with van der Waals surface area (Å²) in [5, 5.41) is 4.81. The van der Waals surface area contributed by atoms with Crippen molar-refractivity contribution in [3.05, 3.63) is 66.0 Å². The third-order valence-corrected chi connectivity index (χ3v) is 3.79. The lowest BCUT2D eigenvalue weighted by atomic mass is 10.2. The van der Waals surface area contributed by atoms with E-state index in [0.717, 1.165) is 17.7 Å². The van der Waals surface area contributed by atoms with Crippen molar-refractivity contribution in [2.24, 2.45) is 0 Å². The molecule has 0 radical (unpaired) electrons. The van der Waals surface area contributed by atoms with Gasteiger partial charge in [-0.25, -0.2) is 18.6 Å². The number of amides is 3. The van der Waals surface area contributed by atoms with E-state index in [-0.39, 0.29) is 13.0 Å². The third-order valence-electron chi connectivity index (χ3n) is 3.79. The maximum Gasteiger partial charge on any atom is 0.321 e. The van der Waals surface area contributed by atoms with Gasteiger partial charge in [0, 0.05) is 31.6 Å². The predicted molar refractivity (Wildman–Crippen MR) is 91.1 cm³/mol. The quantitative estimate of drug-likeness (QED) is 0.736. The van der Waals surface area contributed by atoms with Gasteiger partial charge in [-0.1, -0.05) is 30.3 Å². The second-order valence-corrected chi connectivity index (χ2v) is 5.66. The first-order valence-electron chi connectivity index (χ1n) is 7.94. The van der Waals surface area contributed by atoms with Crippen molar-refractivity contribution < 1.29 is 18.4 Å². The fourth-order valence-corrected chi connectivity index (χ4v) is 2.47. The molecule has 0 saturated heterocycles. The standard InChI is InChI=1S/C18H16F2N4O2/c19-13-8-15-16(9-14(13)20)24(11-22-15)7-6-17(25)23-18(26)21-10-12-4-2-1-3-5-12/h1-5,8-9,11H,6-7,10H2,(H2,21,23,25,26). The van der Waals surface area contributed by atoms with Crippen LogP contribution in [0.3, 0.4) is 0 Å². The summed E-state index contributed by atoms with van der Waals surface area (Å²) in [7, 11) is 0. The molecule has 0 unspecified atom stereocenters. The van der Waals surface area contributed by atoms with Gasteiger partial charge in [0.15, 0.2) is 11.6 Å². The molecule has 0 atom stereocenters. The molecule has 3 amide bonds. The molecule has 0 aliphatic rings. The number of benzene rings is 2. The predicted octanol–water partition coefficient (Wildman–Crippen LogP) is 2.73. The number of rotatable bonds is 5. The van der Waals surface area contributed by atoms with Crippen LogP contribution in [0.4, 0.5) is 13.6 Å². The van der Waals surface area contributed by atoms with Crippen LogP contribution in [0.1, 0.15) is 12.0 Å². The van der Waals surface area contributed by atoms with Gasteiger partial charge in [-0.3, -0.25) is 10.1 Å². The minimum absolute atomic E-state index is 0.0107. The van der Waals surface area contributed by atoms with Crippen molar-refractivity contribution in [1.29, 1.82) is 0 Å². The molecule has 8 heteroatoms. The van der Waals surface area contributed by atoms with Crippen molar-refractivity contribution in [3.63, 3.8) is 0 Å². The molecule has 0 bridgehead atoms. The summed E-state index contributed by atoms with van der Waals surface area (Å²) in [4.78, 5) is 27.6. The van der Waals surface area contributed by atoms with Crippen molar-refractivity contribution in [3.8, 4) is 0 Å². The Balaban J connectivity index is 1.51. The van der Waals surface area contributed by atoms with Gasteiger partial charge in [0.25, 0.3) is 0 Å². The van der Waals surface area contributed by atoms with Crippen LogP contribution in [-0.2, 0) is 17.9 Å². The van der Waals surface area contributed by atoms with Crippen molar-refractivity contribution in [2.75, 3.05) is 0 Å². The van der Waals surface area contributed by atoms with E-state index >= 15 is 0 Å². The molecule has 6 nitrogen and oxygen atoms in total. The van der Waals surface area contributed by atoms with Gasteiger partial charge in [-0.2, -0.15) is 0 Å². The zero-order valence-electron chi connectivity index (χ0n) is 13.7. The molecule has 2 aromatic carbocycles. The highest BCUT2D eigenvalue weighted by Gasteiger charge is 2.11. The Bertz CT molecular complexity index is 941. The molecule has 3 aromatic rings. The van der Waals surface area contributed by atoms with Gasteiger partial charge < -0.3 is 9.88 Å². The first kappa shape index (κ1) is 17.5. The molecule has 0 aliphatic heterocycles. The van der Waals surface area contributed by atoms with Crippen LogP contribution < -0.4 is 10.6 Å². The molecule has 1 heterocycles. The first-order valence-corrected chi connectivity index (χ1v) is 7.94. The second-order valence-electron chi connectivity index (χ2n) is 5.66. The number of aryl methyl sites for hydroxylation is 1. The van der Waals surface area contributed by atoms with Gasteiger partial charge in [-0.05, 0) is 5.56 Å². The fourth-order valence-electron chi connectivity index (χ4n) is 2.47. The average molecular weight is 358 g/mol. The lowest BCUT2D eigenvalue weighted by Crippen LogP contribution is -2.39. The summed E-state index contributed by atoms with van der Waals surface area (Å²) in [6.45, 7) is 0.482. The largest absolute Gasteiger partial charge is 0.334 e. The topological polar surface area (TPSA) is 76.0 Å². The number of imidazole rings is 1. The van der Waals surface area contributed by atoms with Crippen LogP contribution in [-0.4, -0.2) is 21.5 Å². The monoisotopic (exact) mass is 358 g/mol. The van der Waals surface area contributed by atoms with E-state index in [4.69, 9.17) is 0 Å². The number of carbonyl (C=O) groups excluding carboxylic acids is 2. The highest BCUT2D eigenvalue weighted by Crippen LogP contribution is 2.17. The lowest BCUT2D eigenvalue weighted by Gasteiger charge is -2.08. The SMILES string of the molecule is O=C(CCn1cnc2cc(F)c(F)cc21)NC(=O)NCc1ccccc1. The Morgan fingerprint density at radius 3 is 2.58 bits per heavy atom. The number of urea groups is 1. The Morgan fingerprint density at radius 2 is 1.81 bits per heavy atom. The van der Waals surface area contributed by atoms with Crippen molar-refractivity contribution >= 4 is 23.0 Å². The molecule has 0 saturated carbocycles. The number of fused-ring (bicyclic) bond motifs is 1. The summed E-state index contributed by atoms with van der Waals surface area (Å²) in [6, 6.07) is 10.7. The maximum absolute atomic E-state index is 13.4. The number of hydrogen-bond acceptors (Lipinski definition) is 3. The smallest absolute Gasteiger partial charge is 0.321 e. The van der Waals surface area contributed by atoms with Crippen LogP contribution in [0.2, 0.25) is 0 Å². The fraction of sp³-hybridized carbons (Fsp3) is 0.167. The number of carbonyl (C=O) groups is 2. The van der Waals surface area contributed by atoms with Crippen LogP contribution in [0.5, 0.6) is 0 Å². The Hall–Kier alpha value is -3.29.